The number of hydrogen-bond acceptors (Lipinski definition) is 6. The molecule has 0 saturated heterocycles. The highest BCUT2D eigenvalue weighted by atomic mass is 32.2. The van der Waals surface area contributed by atoms with Crippen LogP contribution in [0.15, 0.2) is 46.6 Å². The van der Waals surface area contributed by atoms with Crippen molar-refractivity contribution in [3.63, 3.8) is 0 Å². The third-order valence-electron chi connectivity index (χ3n) is 2.83. The zero-order valence-electron chi connectivity index (χ0n) is 10.3. The molecule has 0 bridgehead atoms. The number of sulfone groups is 1. The van der Waals surface area contributed by atoms with Gasteiger partial charge in [0.25, 0.3) is 0 Å². The first-order chi connectivity index (χ1) is 9.80. The first-order valence-electron chi connectivity index (χ1n) is 5.57. The van der Waals surface area contributed by atoms with Gasteiger partial charge >= 0.3 is 10.2 Å². The van der Waals surface area contributed by atoms with E-state index < -0.39 is 25.1 Å². The Hall–Kier alpha value is -2.24. The van der Waals surface area contributed by atoms with Crippen LogP contribution >= 0.6 is 0 Å². The van der Waals surface area contributed by atoms with Crippen LogP contribution in [0.4, 0.5) is 0 Å². The average molecular weight is 327 g/mol. The molecule has 0 aliphatic carbocycles. The topological polar surface area (TPSA) is 141 Å². The van der Waals surface area contributed by atoms with Crippen molar-refractivity contribution in [3.05, 3.63) is 36.7 Å². The Morgan fingerprint density at radius 2 is 1.86 bits per heavy atom. The summed E-state index contributed by atoms with van der Waals surface area (Å²) in [5, 5.41) is 11.4. The van der Waals surface area contributed by atoms with Gasteiger partial charge in [-0.1, -0.05) is 18.2 Å². The molecule has 0 amide bonds. The molecule has 0 saturated carbocycles. The van der Waals surface area contributed by atoms with E-state index in [4.69, 9.17) is 5.14 Å². The fourth-order valence-electron chi connectivity index (χ4n) is 1.86. The minimum absolute atomic E-state index is 0.0143. The standard InChI is InChI=1S/C10H9N5O4S2/c11-21(18,19)15-6-10(13-14-15)20(16,17)9-5-12-8-4-2-1-3-7(8)9/h1-6,12H,(H2,11,18,19). The molecule has 3 rings (SSSR count). The lowest BCUT2D eigenvalue weighted by Gasteiger charge is -1.98. The monoisotopic (exact) mass is 327 g/mol. The average Bonchev–Trinajstić information content (AvgIpc) is 3.05. The number of benzene rings is 1. The summed E-state index contributed by atoms with van der Waals surface area (Å²) in [5.41, 5.74) is 0.634. The molecule has 0 radical (unpaired) electrons. The second-order valence-corrected chi connectivity index (χ2v) is 7.45. The van der Waals surface area contributed by atoms with Crippen LogP contribution in [0.5, 0.6) is 0 Å². The van der Waals surface area contributed by atoms with Crippen molar-refractivity contribution in [1.82, 2.24) is 19.4 Å². The molecular weight excluding hydrogens is 318 g/mol. The number of aromatic amines is 1. The van der Waals surface area contributed by atoms with Gasteiger partial charge in [0.15, 0.2) is 0 Å². The highest BCUT2D eigenvalue weighted by Gasteiger charge is 2.26. The van der Waals surface area contributed by atoms with E-state index in [1.54, 1.807) is 24.3 Å². The van der Waals surface area contributed by atoms with Gasteiger partial charge in [-0.3, -0.25) is 0 Å². The molecule has 21 heavy (non-hydrogen) atoms. The smallest absolute Gasteiger partial charge is 0.319 e. The van der Waals surface area contributed by atoms with E-state index in [1.807, 2.05) is 0 Å². The summed E-state index contributed by atoms with van der Waals surface area (Å²) < 4.78 is 47.5. The van der Waals surface area contributed by atoms with E-state index in [-0.39, 0.29) is 4.90 Å². The highest BCUT2D eigenvalue weighted by molar-refractivity contribution is 7.91. The fraction of sp³-hybridized carbons (Fsp3) is 0. The molecular formula is C10H9N5O4S2. The predicted octanol–water partition coefficient (Wildman–Crippen LogP) is -0.356. The maximum absolute atomic E-state index is 12.5. The van der Waals surface area contributed by atoms with Gasteiger partial charge in [-0.2, -0.15) is 8.42 Å². The van der Waals surface area contributed by atoms with Gasteiger partial charge in [0.05, 0.1) is 11.1 Å². The molecule has 0 atom stereocenters. The van der Waals surface area contributed by atoms with Crippen molar-refractivity contribution in [3.8, 4) is 0 Å². The Kier molecular flexibility index (Phi) is 2.86. The predicted molar refractivity (Wildman–Crippen MR) is 72.3 cm³/mol. The van der Waals surface area contributed by atoms with Crippen LogP contribution in [0.1, 0.15) is 0 Å². The van der Waals surface area contributed by atoms with Crippen LogP contribution in [0, 0.1) is 0 Å². The van der Waals surface area contributed by atoms with E-state index >= 15 is 0 Å². The van der Waals surface area contributed by atoms with E-state index in [0.717, 1.165) is 6.20 Å². The van der Waals surface area contributed by atoms with Gasteiger partial charge in [-0.15, -0.1) is 9.19 Å². The maximum atomic E-state index is 12.5. The zero-order valence-corrected chi connectivity index (χ0v) is 12.0. The van der Waals surface area contributed by atoms with Crippen molar-refractivity contribution >= 4 is 30.9 Å². The van der Waals surface area contributed by atoms with Crippen molar-refractivity contribution in [2.75, 3.05) is 0 Å². The number of nitrogens with zero attached hydrogens (tertiary/aromatic N) is 3. The van der Waals surface area contributed by atoms with Crippen molar-refractivity contribution in [1.29, 1.82) is 0 Å². The number of H-pyrrole nitrogens is 1. The van der Waals surface area contributed by atoms with E-state index in [9.17, 15) is 16.8 Å². The zero-order chi connectivity index (χ0) is 15.3. The molecule has 0 fully saturated rings. The van der Waals surface area contributed by atoms with Crippen molar-refractivity contribution in [2.24, 2.45) is 5.14 Å². The lowest BCUT2D eigenvalue weighted by Crippen LogP contribution is -2.22. The Morgan fingerprint density at radius 1 is 1.14 bits per heavy atom. The lowest BCUT2D eigenvalue weighted by molar-refractivity contribution is 0.578. The molecule has 11 heteroatoms. The summed E-state index contributed by atoms with van der Waals surface area (Å²) in [7, 11) is -8.19. The second kappa shape index (κ2) is 4.38. The Balaban J connectivity index is 2.19. The third-order valence-corrected chi connectivity index (χ3v) is 5.18. The molecule has 2 aromatic heterocycles. The molecule has 3 N–H and O–H groups in total. The number of nitrogens with two attached hydrogens (primary N) is 1. The van der Waals surface area contributed by atoms with Crippen LogP contribution in [0.25, 0.3) is 10.9 Å². The van der Waals surface area contributed by atoms with Gasteiger partial charge in [-0.25, -0.2) is 13.6 Å². The SMILES string of the molecule is NS(=O)(=O)n1cc(S(=O)(=O)c2c[nH]c3ccccc23)nn1. The largest absolute Gasteiger partial charge is 0.360 e. The number of aromatic nitrogens is 4. The summed E-state index contributed by atoms with van der Waals surface area (Å²) in [6.45, 7) is 0. The number of nitrogens with one attached hydrogen (secondary N) is 1. The first-order valence-corrected chi connectivity index (χ1v) is 8.55. The summed E-state index contributed by atoms with van der Waals surface area (Å²) in [6.07, 6.45) is 2.07. The Morgan fingerprint density at radius 3 is 2.52 bits per heavy atom. The Labute approximate surface area is 119 Å². The van der Waals surface area contributed by atoms with Crippen LogP contribution in [0.3, 0.4) is 0 Å². The minimum Gasteiger partial charge on any atom is -0.360 e. The minimum atomic E-state index is -4.18. The number of hydrogen-bond donors (Lipinski definition) is 2. The Bertz CT molecular complexity index is 1030. The molecule has 3 aromatic rings. The first kappa shape index (κ1) is 13.7. The molecule has 2 heterocycles. The van der Waals surface area contributed by atoms with Gasteiger partial charge < -0.3 is 4.98 Å². The molecule has 0 aliphatic rings. The second-order valence-electron chi connectivity index (χ2n) is 4.18. The molecule has 0 aliphatic heterocycles. The quantitative estimate of drug-likeness (QED) is 0.673. The summed E-state index contributed by atoms with van der Waals surface area (Å²) in [6, 6.07) is 6.79. The lowest BCUT2D eigenvalue weighted by atomic mass is 10.2. The van der Waals surface area contributed by atoms with E-state index in [1.165, 1.54) is 6.20 Å². The molecule has 9 nitrogen and oxygen atoms in total. The third kappa shape index (κ3) is 2.20. The molecule has 0 unspecified atom stereocenters. The number of para-hydroxylation sites is 1. The van der Waals surface area contributed by atoms with Crippen LogP contribution < -0.4 is 5.14 Å². The van der Waals surface area contributed by atoms with Gasteiger partial charge in [0.2, 0.25) is 14.9 Å². The van der Waals surface area contributed by atoms with Gasteiger partial charge in [0.1, 0.15) is 0 Å². The van der Waals surface area contributed by atoms with Gasteiger partial charge in [0, 0.05) is 17.1 Å². The summed E-state index contributed by atoms with van der Waals surface area (Å²) in [5.74, 6) is 0. The number of fused-ring (bicyclic) bond motifs is 1. The van der Waals surface area contributed by atoms with Crippen molar-refractivity contribution < 1.29 is 16.8 Å². The molecule has 110 valence electrons. The van der Waals surface area contributed by atoms with Gasteiger partial charge in [-0.05, 0) is 11.3 Å². The van der Waals surface area contributed by atoms with E-state index in [0.29, 0.717) is 15.0 Å². The summed E-state index contributed by atoms with van der Waals surface area (Å²) in [4.78, 5) is 2.81. The normalized spacial score (nSPS) is 12.8. The highest BCUT2D eigenvalue weighted by Crippen LogP contribution is 2.26. The summed E-state index contributed by atoms with van der Waals surface area (Å²) >= 11 is 0. The molecule has 1 aromatic carbocycles. The van der Waals surface area contributed by atoms with Crippen LogP contribution in [-0.4, -0.2) is 36.2 Å². The maximum Gasteiger partial charge on any atom is 0.319 e. The van der Waals surface area contributed by atoms with Crippen molar-refractivity contribution in [2.45, 2.75) is 9.92 Å². The number of rotatable bonds is 3. The molecule has 0 spiro atoms. The van der Waals surface area contributed by atoms with Crippen LogP contribution in [-0.2, 0) is 20.0 Å². The van der Waals surface area contributed by atoms with Crippen LogP contribution in [0.2, 0.25) is 0 Å². The fourth-order valence-corrected chi connectivity index (χ4v) is 3.60. The van der Waals surface area contributed by atoms with E-state index in [2.05, 4.69) is 15.3 Å².